The Labute approximate surface area is 177 Å². The predicted molar refractivity (Wildman–Crippen MR) is 110 cm³/mol. The topological polar surface area (TPSA) is 52.8 Å². The summed E-state index contributed by atoms with van der Waals surface area (Å²) in [7, 11) is 11.4. The first-order valence-corrected chi connectivity index (χ1v) is 12.5. The third-order valence-corrected chi connectivity index (χ3v) is 3.40. The fourth-order valence-electron chi connectivity index (χ4n) is 2.35. The van der Waals surface area contributed by atoms with Crippen molar-refractivity contribution < 1.29 is 26.6 Å². The average molecular weight is 440 g/mol. The summed E-state index contributed by atoms with van der Waals surface area (Å²) in [6, 6.07) is 19.1. The fourth-order valence-corrected chi connectivity index (χ4v) is 2.35. The van der Waals surface area contributed by atoms with Crippen LogP contribution in [-0.4, -0.2) is 25.3 Å². The SMILES string of the molecule is CCOC(=O)C(C(C)=Nc1ccccc1)=C([N-]C)c1ccccc1.[Cl][Ti][Cl]. The predicted octanol–water partition coefficient (Wildman–Crippen LogP) is 6.13. The van der Waals surface area contributed by atoms with Crippen molar-refractivity contribution in [2.45, 2.75) is 13.8 Å². The number of hydrogen-bond donors (Lipinski definition) is 0. The van der Waals surface area contributed by atoms with Crippen molar-refractivity contribution in [3.63, 3.8) is 0 Å². The molecular formula is C20H21Cl2N2O2Ti-. The van der Waals surface area contributed by atoms with E-state index >= 15 is 0 Å². The number of aliphatic imine (C=N–C) groups is 1. The molecule has 0 N–H and O–H groups in total. The van der Waals surface area contributed by atoms with Crippen LogP contribution in [0.25, 0.3) is 11.0 Å². The minimum absolute atomic E-state index is 0.298. The van der Waals surface area contributed by atoms with E-state index in [1.54, 1.807) is 20.9 Å². The van der Waals surface area contributed by atoms with E-state index < -0.39 is 23.0 Å². The van der Waals surface area contributed by atoms with Crippen LogP contribution >= 0.6 is 18.6 Å². The van der Waals surface area contributed by atoms with Gasteiger partial charge < -0.3 is 10.1 Å². The summed E-state index contributed by atoms with van der Waals surface area (Å²) in [6.07, 6.45) is 0. The van der Waals surface area contributed by atoms with Gasteiger partial charge in [0.25, 0.3) is 0 Å². The van der Waals surface area contributed by atoms with E-state index in [1.165, 1.54) is 0 Å². The number of rotatable bonds is 6. The zero-order valence-corrected chi connectivity index (χ0v) is 18.5. The van der Waals surface area contributed by atoms with Crippen molar-refractivity contribution in [2.24, 2.45) is 4.99 Å². The Bertz CT molecular complexity index is 766. The maximum atomic E-state index is 12.5. The van der Waals surface area contributed by atoms with E-state index in [4.69, 9.17) is 23.3 Å². The van der Waals surface area contributed by atoms with Gasteiger partial charge in [-0.05, 0) is 31.5 Å². The summed E-state index contributed by atoms with van der Waals surface area (Å²) in [5.74, 6) is -0.417. The summed E-state index contributed by atoms with van der Waals surface area (Å²) in [5.41, 5.74) is 3.16. The van der Waals surface area contributed by atoms with Crippen molar-refractivity contribution in [2.75, 3.05) is 13.7 Å². The molecule has 0 unspecified atom stereocenters. The van der Waals surface area contributed by atoms with Crippen LogP contribution in [0.15, 0.2) is 71.2 Å². The molecule has 7 heteroatoms. The van der Waals surface area contributed by atoms with E-state index in [9.17, 15) is 4.79 Å². The molecule has 2 aromatic rings. The molecule has 2 rings (SSSR count). The van der Waals surface area contributed by atoms with Crippen LogP contribution in [0.4, 0.5) is 5.69 Å². The monoisotopic (exact) mass is 439 g/mol. The molecular weight excluding hydrogens is 419 g/mol. The van der Waals surface area contributed by atoms with Gasteiger partial charge in [0.05, 0.1) is 23.6 Å². The Morgan fingerprint density at radius 1 is 1.07 bits per heavy atom. The molecule has 4 nitrogen and oxygen atoms in total. The first kappa shape index (κ1) is 23.5. The van der Waals surface area contributed by atoms with Gasteiger partial charge >= 0.3 is 41.6 Å². The summed E-state index contributed by atoms with van der Waals surface area (Å²) in [5, 5.41) is 4.32. The van der Waals surface area contributed by atoms with E-state index in [0.717, 1.165) is 11.3 Å². The molecule has 0 amide bonds. The van der Waals surface area contributed by atoms with Gasteiger partial charge in [-0.3, -0.25) is 4.99 Å². The van der Waals surface area contributed by atoms with Crippen LogP contribution in [0, 0.1) is 0 Å². The molecule has 0 atom stereocenters. The Morgan fingerprint density at radius 3 is 2.07 bits per heavy atom. The van der Waals surface area contributed by atoms with E-state index in [-0.39, 0.29) is 0 Å². The quantitative estimate of drug-likeness (QED) is 0.235. The van der Waals surface area contributed by atoms with Crippen LogP contribution < -0.4 is 0 Å². The van der Waals surface area contributed by atoms with Crippen LogP contribution in [0.5, 0.6) is 0 Å². The third-order valence-electron chi connectivity index (χ3n) is 3.40. The fraction of sp³-hybridized carbons (Fsp3) is 0.200. The van der Waals surface area contributed by atoms with Gasteiger partial charge in [-0.25, -0.2) is 4.79 Å². The standard InChI is InChI=1S/C20H22N2O2.2ClH.Ti/c1-4-24-20(23)18(15(2)22-17-13-9-6-10-14-17)19(21-3)16-11-7-5-8-12-16;;;/h5-14H,4H2,1-3H3,(H,21,22,23);2*1H;/q;;;+2/p-3. The van der Waals surface area contributed by atoms with Crippen molar-refractivity contribution >= 4 is 41.7 Å². The Balaban J connectivity index is 0.00000114. The van der Waals surface area contributed by atoms with E-state index in [1.807, 2.05) is 60.7 Å². The molecule has 0 aromatic heterocycles. The van der Waals surface area contributed by atoms with Gasteiger partial charge in [0.1, 0.15) is 0 Å². The third kappa shape index (κ3) is 7.90. The van der Waals surface area contributed by atoms with Gasteiger partial charge in [0.15, 0.2) is 0 Å². The molecule has 0 heterocycles. The minimum atomic E-state index is -0.556. The summed E-state index contributed by atoms with van der Waals surface area (Å²) in [6.45, 7) is 3.88. The number of carbonyl (C=O) groups is 1. The number of nitrogens with zero attached hydrogens (tertiary/aromatic N) is 2. The zero-order chi connectivity index (χ0) is 20.1. The molecule has 0 aliphatic carbocycles. The Kier molecular flexibility index (Phi) is 11.8. The number of para-hydroxylation sites is 1. The van der Waals surface area contributed by atoms with Gasteiger partial charge in [-0.2, -0.15) is 0 Å². The first-order chi connectivity index (χ1) is 13.1. The second-order valence-electron chi connectivity index (χ2n) is 5.14. The van der Waals surface area contributed by atoms with Crippen LogP contribution in [0.1, 0.15) is 19.4 Å². The van der Waals surface area contributed by atoms with E-state index in [2.05, 4.69) is 10.3 Å². The molecule has 0 saturated carbocycles. The van der Waals surface area contributed by atoms with Crippen LogP contribution in [-0.2, 0) is 26.6 Å². The average Bonchev–Trinajstić information content (AvgIpc) is 2.68. The molecule has 2 aromatic carbocycles. The number of ether oxygens (including phenoxy) is 1. The van der Waals surface area contributed by atoms with Crippen molar-refractivity contribution in [1.82, 2.24) is 0 Å². The van der Waals surface area contributed by atoms with Crippen molar-refractivity contribution in [3.8, 4) is 0 Å². The molecule has 0 saturated heterocycles. The van der Waals surface area contributed by atoms with Gasteiger partial charge in [-0.1, -0.05) is 48.5 Å². The Morgan fingerprint density at radius 2 is 1.59 bits per heavy atom. The molecule has 0 aliphatic rings. The molecule has 0 spiro atoms. The van der Waals surface area contributed by atoms with E-state index in [0.29, 0.717) is 23.6 Å². The molecule has 0 fully saturated rings. The second kappa shape index (κ2) is 13.6. The van der Waals surface area contributed by atoms with Crippen molar-refractivity contribution in [1.29, 1.82) is 0 Å². The normalized spacial score (nSPS) is 11.5. The van der Waals surface area contributed by atoms with Gasteiger partial charge in [0.2, 0.25) is 0 Å². The molecule has 27 heavy (non-hydrogen) atoms. The Hall–Kier alpha value is -1.59. The first-order valence-electron chi connectivity index (χ1n) is 8.22. The number of carbonyl (C=O) groups excluding carboxylic acids is 1. The molecule has 142 valence electrons. The number of esters is 1. The van der Waals surface area contributed by atoms with Crippen LogP contribution in [0.3, 0.4) is 0 Å². The molecule has 0 bridgehead atoms. The van der Waals surface area contributed by atoms with Gasteiger partial charge in [0, 0.05) is 0 Å². The summed E-state index contributed by atoms with van der Waals surface area (Å²) in [4.78, 5) is 17.1. The molecule has 0 radical (unpaired) electrons. The number of halogens is 2. The summed E-state index contributed by atoms with van der Waals surface area (Å²) < 4.78 is 5.23. The molecule has 0 aliphatic heterocycles. The maximum absolute atomic E-state index is 12.5. The number of hydrogen-bond acceptors (Lipinski definition) is 3. The van der Waals surface area contributed by atoms with Gasteiger partial charge in [-0.15, -0.1) is 12.7 Å². The van der Waals surface area contributed by atoms with Crippen molar-refractivity contribution in [3.05, 3.63) is 77.1 Å². The zero-order valence-electron chi connectivity index (χ0n) is 15.4. The second-order valence-corrected chi connectivity index (χ2v) is 7.72. The number of benzene rings is 2. The summed E-state index contributed by atoms with van der Waals surface area (Å²) >= 11 is -0.556. The van der Waals surface area contributed by atoms with Crippen LogP contribution in [0.2, 0.25) is 0 Å².